The summed E-state index contributed by atoms with van der Waals surface area (Å²) in [6, 6.07) is 2.29. The summed E-state index contributed by atoms with van der Waals surface area (Å²) in [5.41, 5.74) is 0. The molecule has 2 fully saturated rings. The first-order valence-electron chi connectivity index (χ1n) is 10.1. The fraction of sp³-hybridized carbons (Fsp3) is 0.600. The zero-order valence-corrected chi connectivity index (χ0v) is 17.3. The van der Waals surface area contributed by atoms with E-state index < -0.39 is 30.1 Å². The number of esters is 1. The van der Waals surface area contributed by atoms with E-state index in [4.69, 9.17) is 4.74 Å². The van der Waals surface area contributed by atoms with Gasteiger partial charge in [0.05, 0.1) is 4.88 Å². The van der Waals surface area contributed by atoms with Crippen LogP contribution in [0.1, 0.15) is 61.5 Å². The lowest BCUT2D eigenvalue weighted by Gasteiger charge is -2.25. The lowest BCUT2D eigenvalue weighted by atomic mass is 9.96. The van der Waals surface area contributed by atoms with Crippen molar-refractivity contribution in [2.24, 2.45) is 0 Å². The number of imide groups is 1. The van der Waals surface area contributed by atoms with Crippen LogP contribution in [0.3, 0.4) is 0 Å². The van der Waals surface area contributed by atoms with Crippen LogP contribution in [0.4, 0.5) is 4.79 Å². The molecule has 29 heavy (non-hydrogen) atoms. The number of hydrogen-bond acceptors (Lipinski definition) is 6. The monoisotopic (exact) mass is 421 g/mol. The van der Waals surface area contributed by atoms with Gasteiger partial charge in [0.15, 0.2) is 6.10 Å². The molecule has 2 atom stereocenters. The van der Waals surface area contributed by atoms with E-state index in [2.05, 4.69) is 10.6 Å². The van der Waals surface area contributed by atoms with Gasteiger partial charge in [-0.2, -0.15) is 0 Å². The smallest absolute Gasteiger partial charge is 0.329 e. The highest BCUT2D eigenvalue weighted by Crippen LogP contribution is 2.23. The number of hydrogen-bond donors (Lipinski definition) is 2. The number of carbonyl (C=O) groups excluding carboxylic acids is 4. The Labute approximate surface area is 174 Å². The minimum absolute atomic E-state index is 0.0738. The molecule has 1 saturated heterocycles. The summed E-state index contributed by atoms with van der Waals surface area (Å²) in [5.74, 6) is -1.51. The number of likely N-dealkylation sites (tertiary alicyclic amines) is 1. The Morgan fingerprint density at radius 3 is 2.59 bits per heavy atom. The standard InChI is InChI=1S/C20H27N3O5S/c1-13(17(24)22-20(27)21-14-7-3-2-4-8-14)28-19(26)15-9-5-11-23(15)18(25)16-10-6-12-29-16/h6,10,12-15H,2-5,7-9,11H2,1H3,(H2,21,22,24,27)/t13-,15+/m1/s1. The molecule has 0 radical (unpaired) electrons. The minimum atomic E-state index is -1.13. The SMILES string of the molecule is C[C@@H](OC(=O)[C@@H]1CCCN1C(=O)c1cccs1)C(=O)NC(=O)NC1CCCCC1. The summed E-state index contributed by atoms with van der Waals surface area (Å²) < 4.78 is 5.26. The van der Waals surface area contributed by atoms with Gasteiger partial charge in [-0.15, -0.1) is 11.3 Å². The molecule has 0 aromatic carbocycles. The molecule has 8 nitrogen and oxygen atoms in total. The molecule has 2 N–H and O–H groups in total. The van der Waals surface area contributed by atoms with E-state index in [1.54, 1.807) is 17.5 Å². The maximum atomic E-state index is 12.6. The molecule has 3 rings (SSSR count). The second-order valence-electron chi connectivity index (χ2n) is 7.51. The number of ether oxygens (including phenoxy) is 1. The van der Waals surface area contributed by atoms with Gasteiger partial charge >= 0.3 is 12.0 Å². The van der Waals surface area contributed by atoms with Crippen molar-refractivity contribution in [3.63, 3.8) is 0 Å². The molecule has 9 heteroatoms. The zero-order chi connectivity index (χ0) is 20.8. The first-order chi connectivity index (χ1) is 14.0. The van der Waals surface area contributed by atoms with Crippen LogP contribution in [0.2, 0.25) is 0 Å². The summed E-state index contributed by atoms with van der Waals surface area (Å²) in [7, 11) is 0. The highest BCUT2D eigenvalue weighted by atomic mass is 32.1. The minimum Gasteiger partial charge on any atom is -0.451 e. The molecular weight excluding hydrogens is 394 g/mol. The molecule has 0 spiro atoms. The first-order valence-corrected chi connectivity index (χ1v) is 11.0. The van der Waals surface area contributed by atoms with Crippen LogP contribution in [-0.2, 0) is 14.3 Å². The molecule has 1 aromatic rings. The predicted molar refractivity (Wildman–Crippen MR) is 107 cm³/mol. The quantitative estimate of drug-likeness (QED) is 0.711. The number of thiophene rings is 1. The van der Waals surface area contributed by atoms with Crippen molar-refractivity contribution in [1.82, 2.24) is 15.5 Å². The van der Waals surface area contributed by atoms with Gasteiger partial charge in [0.2, 0.25) is 0 Å². The third-order valence-electron chi connectivity index (χ3n) is 5.36. The fourth-order valence-corrected chi connectivity index (χ4v) is 4.46. The van der Waals surface area contributed by atoms with Crippen LogP contribution >= 0.6 is 11.3 Å². The molecule has 1 saturated carbocycles. The van der Waals surface area contributed by atoms with Crippen LogP contribution in [0.15, 0.2) is 17.5 Å². The van der Waals surface area contributed by atoms with E-state index in [9.17, 15) is 19.2 Å². The van der Waals surface area contributed by atoms with Gasteiger partial charge in [-0.25, -0.2) is 9.59 Å². The molecule has 0 unspecified atom stereocenters. The van der Waals surface area contributed by atoms with Crippen molar-refractivity contribution in [2.45, 2.75) is 70.1 Å². The van der Waals surface area contributed by atoms with Crippen molar-refractivity contribution in [3.8, 4) is 0 Å². The summed E-state index contributed by atoms with van der Waals surface area (Å²) in [5, 5.41) is 6.83. The second-order valence-corrected chi connectivity index (χ2v) is 8.46. The van der Waals surface area contributed by atoms with E-state index in [1.165, 1.54) is 29.6 Å². The van der Waals surface area contributed by atoms with E-state index in [-0.39, 0.29) is 11.9 Å². The van der Waals surface area contributed by atoms with E-state index >= 15 is 0 Å². The van der Waals surface area contributed by atoms with Crippen molar-refractivity contribution in [1.29, 1.82) is 0 Å². The van der Waals surface area contributed by atoms with Crippen LogP contribution in [0.25, 0.3) is 0 Å². The van der Waals surface area contributed by atoms with E-state index in [1.807, 2.05) is 0 Å². The lowest BCUT2D eigenvalue weighted by molar-refractivity contribution is -0.158. The molecule has 158 valence electrons. The van der Waals surface area contributed by atoms with Gasteiger partial charge in [0.25, 0.3) is 11.8 Å². The van der Waals surface area contributed by atoms with Crippen molar-refractivity contribution in [2.75, 3.05) is 6.54 Å². The summed E-state index contributed by atoms with van der Waals surface area (Å²) in [4.78, 5) is 51.4. The van der Waals surface area contributed by atoms with Gasteiger partial charge in [-0.05, 0) is 44.1 Å². The van der Waals surface area contributed by atoms with Crippen molar-refractivity contribution >= 4 is 35.2 Å². The molecule has 1 aliphatic heterocycles. The van der Waals surface area contributed by atoms with Crippen LogP contribution in [0.5, 0.6) is 0 Å². The molecule has 1 aliphatic carbocycles. The molecule has 2 heterocycles. The number of nitrogens with one attached hydrogen (secondary N) is 2. The summed E-state index contributed by atoms with van der Waals surface area (Å²) in [6.07, 6.45) is 5.17. The van der Waals surface area contributed by atoms with Crippen LogP contribution in [-0.4, -0.2) is 53.4 Å². The first kappa shape index (κ1) is 21.3. The number of amides is 4. The van der Waals surface area contributed by atoms with E-state index in [0.29, 0.717) is 24.3 Å². The van der Waals surface area contributed by atoms with Gasteiger partial charge in [-0.1, -0.05) is 25.3 Å². The average Bonchev–Trinajstić information content (AvgIpc) is 3.40. The van der Waals surface area contributed by atoms with Gasteiger partial charge in [-0.3, -0.25) is 14.9 Å². The topological polar surface area (TPSA) is 105 Å². The normalized spacial score (nSPS) is 20.7. The second kappa shape index (κ2) is 9.87. The number of urea groups is 1. The molecule has 2 aliphatic rings. The third kappa shape index (κ3) is 5.56. The van der Waals surface area contributed by atoms with Gasteiger partial charge < -0.3 is 15.0 Å². The number of rotatable bonds is 5. The predicted octanol–water partition coefficient (Wildman–Crippen LogP) is 2.44. The molecular formula is C20H27N3O5S. The van der Waals surface area contributed by atoms with Gasteiger partial charge in [0, 0.05) is 12.6 Å². The molecule has 0 bridgehead atoms. The Kier molecular flexibility index (Phi) is 7.24. The Morgan fingerprint density at radius 2 is 1.90 bits per heavy atom. The fourth-order valence-electron chi connectivity index (χ4n) is 3.78. The van der Waals surface area contributed by atoms with Crippen LogP contribution in [0, 0.1) is 0 Å². The largest absolute Gasteiger partial charge is 0.451 e. The summed E-state index contributed by atoms with van der Waals surface area (Å²) in [6.45, 7) is 1.89. The zero-order valence-electron chi connectivity index (χ0n) is 16.5. The Morgan fingerprint density at radius 1 is 1.14 bits per heavy atom. The Bertz CT molecular complexity index is 745. The number of carbonyl (C=O) groups is 4. The van der Waals surface area contributed by atoms with E-state index in [0.717, 1.165) is 25.7 Å². The maximum Gasteiger partial charge on any atom is 0.329 e. The summed E-state index contributed by atoms with van der Waals surface area (Å²) >= 11 is 1.32. The highest BCUT2D eigenvalue weighted by molar-refractivity contribution is 7.12. The average molecular weight is 422 g/mol. The van der Waals surface area contributed by atoms with Crippen LogP contribution < -0.4 is 10.6 Å². The third-order valence-corrected chi connectivity index (χ3v) is 6.21. The van der Waals surface area contributed by atoms with Crippen molar-refractivity contribution in [3.05, 3.63) is 22.4 Å². The molecule has 4 amide bonds. The highest BCUT2D eigenvalue weighted by Gasteiger charge is 2.37. The Balaban J connectivity index is 1.49. The lowest BCUT2D eigenvalue weighted by Crippen LogP contribution is -2.49. The number of nitrogens with zero attached hydrogens (tertiary/aromatic N) is 1. The van der Waals surface area contributed by atoms with Gasteiger partial charge in [0.1, 0.15) is 6.04 Å². The Hall–Kier alpha value is -2.42. The maximum absolute atomic E-state index is 12.6. The van der Waals surface area contributed by atoms with Crippen molar-refractivity contribution < 1.29 is 23.9 Å². The molecule has 1 aromatic heterocycles.